The van der Waals surface area contributed by atoms with Gasteiger partial charge in [-0.3, -0.25) is 14.2 Å². The first-order valence-electron chi connectivity index (χ1n) is 9.54. The van der Waals surface area contributed by atoms with E-state index in [0.717, 1.165) is 0 Å². The highest BCUT2D eigenvalue weighted by Gasteiger charge is 2.15. The second-order valence-corrected chi connectivity index (χ2v) is 7.22. The SMILES string of the molecule is O=C(CCNc1c(-c2cccc(F)c2)nc2cnccn12)NCc1ccc(F)cc1Cl. The Labute approximate surface area is 181 Å². The predicted molar refractivity (Wildman–Crippen MR) is 115 cm³/mol. The first-order chi connectivity index (χ1) is 15.0. The molecule has 2 heterocycles. The van der Waals surface area contributed by atoms with Crippen molar-refractivity contribution in [1.82, 2.24) is 19.7 Å². The Morgan fingerprint density at radius 2 is 1.97 bits per heavy atom. The number of carbonyl (C=O) groups is 1. The molecule has 0 aliphatic carbocycles. The van der Waals surface area contributed by atoms with E-state index in [-0.39, 0.29) is 29.7 Å². The van der Waals surface area contributed by atoms with Crippen LogP contribution in [0.3, 0.4) is 0 Å². The molecule has 4 rings (SSSR count). The van der Waals surface area contributed by atoms with E-state index in [1.54, 1.807) is 35.1 Å². The molecule has 0 bridgehead atoms. The number of hydrogen-bond donors (Lipinski definition) is 2. The molecule has 2 N–H and O–H groups in total. The van der Waals surface area contributed by atoms with Crippen LogP contribution in [-0.4, -0.2) is 26.8 Å². The van der Waals surface area contributed by atoms with E-state index in [1.807, 2.05) is 0 Å². The minimum absolute atomic E-state index is 0.180. The van der Waals surface area contributed by atoms with Gasteiger partial charge in [0.1, 0.15) is 23.1 Å². The lowest BCUT2D eigenvalue weighted by Crippen LogP contribution is -2.25. The summed E-state index contributed by atoms with van der Waals surface area (Å²) in [5.41, 5.74) is 2.40. The lowest BCUT2D eigenvalue weighted by molar-refractivity contribution is -0.121. The fourth-order valence-electron chi connectivity index (χ4n) is 3.15. The minimum Gasteiger partial charge on any atom is -0.369 e. The van der Waals surface area contributed by atoms with Crippen molar-refractivity contribution in [1.29, 1.82) is 0 Å². The molecule has 31 heavy (non-hydrogen) atoms. The van der Waals surface area contributed by atoms with Crippen LogP contribution in [0.2, 0.25) is 5.02 Å². The lowest BCUT2D eigenvalue weighted by Gasteiger charge is -2.10. The smallest absolute Gasteiger partial charge is 0.222 e. The van der Waals surface area contributed by atoms with Crippen LogP contribution in [0.25, 0.3) is 16.9 Å². The molecule has 0 unspecified atom stereocenters. The third kappa shape index (κ3) is 4.80. The number of carbonyl (C=O) groups excluding carboxylic acids is 1. The predicted octanol–water partition coefficient (Wildman–Crippen LogP) is 4.45. The normalized spacial score (nSPS) is 10.9. The average Bonchev–Trinajstić information content (AvgIpc) is 3.12. The van der Waals surface area contributed by atoms with Gasteiger partial charge in [-0.2, -0.15) is 0 Å². The van der Waals surface area contributed by atoms with E-state index in [4.69, 9.17) is 11.6 Å². The van der Waals surface area contributed by atoms with Crippen LogP contribution in [-0.2, 0) is 11.3 Å². The van der Waals surface area contributed by atoms with Gasteiger partial charge < -0.3 is 10.6 Å². The molecular formula is C22H18ClF2N5O. The quantitative estimate of drug-likeness (QED) is 0.444. The molecule has 0 radical (unpaired) electrons. The van der Waals surface area contributed by atoms with Crippen LogP contribution in [0, 0.1) is 11.6 Å². The van der Waals surface area contributed by atoms with E-state index in [9.17, 15) is 13.6 Å². The van der Waals surface area contributed by atoms with Gasteiger partial charge in [-0.25, -0.2) is 13.8 Å². The second-order valence-electron chi connectivity index (χ2n) is 6.81. The zero-order chi connectivity index (χ0) is 21.8. The van der Waals surface area contributed by atoms with Crippen LogP contribution >= 0.6 is 11.6 Å². The maximum absolute atomic E-state index is 13.7. The Kier molecular flexibility index (Phi) is 6.08. The number of anilines is 1. The molecule has 4 aromatic rings. The molecule has 158 valence electrons. The van der Waals surface area contributed by atoms with Crippen molar-refractivity contribution in [3.8, 4) is 11.3 Å². The van der Waals surface area contributed by atoms with Crippen molar-refractivity contribution in [3.63, 3.8) is 0 Å². The van der Waals surface area contributed by atoms with Gasteiger partial charge in [0.25, 0.3) is 0 Å². The molecule has 9 heteroatoms. The number of halogens is 3. The van der Waals surface area contributed by atoms with Crippen LogP contribution in [0.15, 0.2) is 61.1 Å². The van der Waals surface area contributed by atoms with Crippen LogP contribution in [0.5, 0.6) is 0 Å². The van der Waals surface area contributed by atoms with Crippen molar-refractivity contribution >= 4 is 29.0 Å². The molecule has 0 saturated carbocycles. The summed E-state index contributed by atoms with van der Waals surface area (Å²) in [6.45, 7) is 0.523. The summed E-state index contributed by atoms with van der Waals surface area (Å²) in [7, 11) is 0. The number of rotatable bonds is 7. The van der Waals surface area contributed by atoms with Gasteiger partial charge in [-0.1, -0.05) is 29.8 Å². The van der Waals surface area contributed by atoms with Gasteiger partial charge in [0.2, 0.25) is 5.91 Å². The largest absolute Gasteiger partial charge is 0.369 e. The molecular weight excluding hydrogens is 424 g/mol. The Bertz CT molecular complexity index is 1240. The third-order valence-corrected chi connectivity index (χ3v) is 5.02. The van der Waals surface area contributed by atoms with Crippen molar-refractivity contribution in [3.05, 3.63) is 83.3 Å². The summed E-state index contributed by atoms with van der Waals surface area (Å²) in [5.74, 6) is -0.355. The number of aromatic nitrogens is 3. The van der Waals surface area contributed by atoms with Crippen LogP contribution in [0.1, 0.15) is 12.0 Å². The number of fused-ring (bicyclic) bond motifs is 1. The van der Waals surface area contributed by atoms with Crippen molar-refractivity contribution < 1.29 is 13.6 Å². The third-order valence-electron chi connectivity index (χ3n) is 4.66. The number of amides is 1. The Hall–Kier alpha value is -3.52. The number of nitrogens with zero attached hydrogens (tertiary/aromatic N) is 3. The van der Waals surface area contributed by atoms with Gasteiger partial charge in [0, 0.05) is 42.5 Å². The topological polar surface area (TPSA) is 71.3 Å². The van der Waals surface area contributed by atoms with E-state index in [2.05, 4.69) is 20.6 Å². The van der Waals surface area contributed by atoms with Gasteiger partial charge in [0.05, 0.1) is 6.20 Å². The highest BCUT2D eigenvalue weighted by molar-refractivity contribution is 6.31. The highest BCUT2D eigenvalue weighted by atomic mass is 35.5. The number of hydrogen-bond acceptors (Lipinski definition) is 4. The fourth-order valence-corrected chi connectivity index (χ4v) is 3.39. The van der Waals surface area contributed by atoms with E-state index < -0.39 is 5.82 Å². The minimum atomic E-state index is -0.429. The number of benzene rings is 2. The summed E-state index contributed by atoms with van der Waals surface area (Å²) in [5, 5.41) is 6.24. The molecule has 2 aromatic heterocycles. The summed E-state index contributed by atoms with van der Waals surface area (Å²) in [6.07, 6.45) is 5.14. The molecule has 6 nitrogen and oxygen atoms in total. The number of nitrogens with one attached hydrogen (secondary N) is 2. The highest BCUT2D eigenvalue weighted by Crippen LogP contribution is 2.28. The van der Waals surface area contributed by atoms with Crippen LogP contribution < -0.4 is 10.6 Å². The maximum atomic E-state index is 13.7. The van der Waals surface area contributed by atoms with E-state index in [0.29, 0.717) is 34.8 Å². The summed E-state index contributed by atoms with van der Waals surface area (Å²) in [4.78, 5) is 20.8. The van der Waals surface area contributed by atoms with E-state index in [1.165, 1.54) is 30.3 Å². The van der Waals surface area contributed by atoms with Crippen molar-refractivity contribution in [2.24, 2.45) is 0 Å². The van der Waals surface area contributed by atoms with Crippen molar-refractivity contribution in [2.45, 2.75) is 13.0 Å². The molecule has 0 aliphatic heterocycles. The standard InChI is InChI=1S/C22H18ClF2N5O/c23-18-11-17(25)5-4-15(18)12-28-20(31)6-7-27-22-21(14-2-1-3-16(24)10-14)29-19-13-26-8-9-30(19)22/h1-5,8-11,13,27H,6-7,12H2,(H,28,31). The maximum Gasteiger partial charge on any atom is 0.222 e. The molecule has 0 aliphatic rings. The number of imidazole rings is 1. The Balaban J connectivity index is 1.44. The summed E-state index contributed by atoms with van der Waals surface area (Å²) < 4.78 is 28.6. The monoisotopic (exact) mass is 441 g/mol. The van der Waals surface area contributed by atoms with Crippen LogP contribution in [0.4, 0.5) is 14.6 Å². The molecule has 2 aromatic carbocycles. The first-order valence-corrected chi connectivity index (χ1v) is 9.91. The molecule has 0 spiro atoms. The molecule has 1 amide bonds. The van der Waals surface area contributed by atoms with E-state index >= 15 is 0 Å². The first kappa shape index (κ1) is 20.7. The average molecular weight is 442 g/mol. The molecule has 0 atom stereocenters. The van der Waals surface area contributed by atoms with Gasteiger partial charge >= 0.3 is 0 Å². The second kappa shape index (κ2) is 9.09. The van der Waals surface area contributed by atoms with Gasteiger partial charge in [0.15, 0.2) is 5.65 Å². The Morgan fingerprint density at radius 3 is 2.77 bits per heavy atom. The Morgan fingerprint density at radius 1 is 1.13 bits per heavy atom. The van der Waals surface area contributed by atoms with Gasteiger partial charge in [-0.15, -0.1) is 0 Å². The molecule has 0 fully saturated rings. The fraction of sp³-hybridized carbons (Fsp3) is 0.136. The zero-order valence-electron chi connectivity index (χ0n) is 16.3. The van der Waals surface area contributed by atoms with Crippen molar-refractivity contribution in [2.75, 3.05) is 11.9 Å². The summed E-state index contributed by atoms with van der Waals surface area (Å²) in [6, 6.07) is 10.2. The molecule has 0 saturated heterocycles. The lowest BCUT2D eigenvalue weighted by atomic mass is 10.1. The van der Waals surface area contributed by atoms with Gasteiger partial charge in [-0.05, 0) is 29.8 Å². The summed E-state index contributed by atoms with van der Waals surface area (Å²) >= 11 is 5.98. The zero-order valence-corrected chi connectivity index (χ0v) is 17.0.